The van der Waals surface area contributed by atoms with Crippen LogP contribution in [0.1, 0.15) is 49.9 Å². The van der Waals surface area contributed by atoms with Gasteiger partial charge >= 0.3 is 0 Å². The maximum Gasteiger partial charge on any atom is 0.209 e. The predicted octanol–water partition coefficient (Wildman–Crippen LogP) is 10.7. The van der Waals surface area contributed by atoms with E-state index in [1.807, 2.05) is 36.4 Å². The summed E-state index contributed by atoms with van der Waals surface area (Å²) >= 11 is 0. The van der Waals surface area contributed by atoms with Crippen LogP contribution in [0.3, 0.4) is 0 Å². The number of hydrogen-bond donors (Lipinski definition) is 0. The van der Waals surface area contributed by atoms with E-state index in [2.05, 4.69) is 128 Å². The summed E-state index contributed by atoms with van der Waals surface area (Å²) < 4.78 is 29.7. The molecule has 0 bridgehead atoms. The minimum Gasteiger partial charge on any atom is -0.309 e. The smallest absolute Gasteiger partial charge is 0.209 e. The number of para-hydroxylation sites is 4. The SMILES string of the molecule is CC1(C)c2ccccc2N(c2cccc3c2-c2cccc(N4c5ccccc5C(C)(C)c5ccccc54)c2S3(=O)=O)c2ccccc21. The summed E-state index contributed by atoms with van der Waals surface area (Å²) in [5.74, 6) is 0. The summed E-state index contributed by atoms with van der Waals surface area (Å²) in [6, 6.07) is 45.4. The van der Waals surface area contributed by atoms with Crippen molar-refractivity contribution in [2.24, 2.45) is 0 Å². The zero-order valence-corrected chi connectivity index (χ0v) is 27.6. The van der Waals surface area contributed by atoms with E-state index in [9.17, 15) is 8.42 Å². The van der Waals surface area contributed by atoms with Gasteiger partial charge in [0, 0.05) is 22.0 Å². The zero-order valence-electron chi connectivity index (χ0n) is 26.8. The Bertz CT molecular complexity index is 2310. The van der Waals surface area contributed by atoms with Crippen molar-refractivity contribution in [2.45, 2.75) is 48.3 Å². The van der Waals surface area contributed by atoms with Gasteiger partial charge in [0.05, 0.1) is 39.0 Å². The average Bonchev–Trinajstić information content (AvgIpc) is 3.32. The van der Waals surface area contributed by atoms with E-state index in [0.29, 0.717) is 15.5 Å². The molecule has 0 aliphatic carbocycles. The van der Waals surface area contributed by atoms with Gasteiger partial charge in [-0.05, 0) is 64.7 Å². The highest BCUT2D eigenvalue weighted by molar-refractivity contribution is 7.92. The van der Waals surface area contributed by atoms with E-state index < -0.39 is 9.84 Å². The van der Waals surface area contributed by atoms with Crippen molar-refractivity contribution in [3.63, 3.8) is 0 Å². The largest absolute Gasteiger partial charge is 0.309 e. The molecule has 3 aliphatic rings. The topological polar surface area (TPSA) is 40.6 Å². The van der Waals surface area contributed by atoms with Gasteiger partial charge < -0.3 is 9.80 Å². The molecule has 9 rings (SSSR count). The van der Waals surface area contributed by atoms with Crippen molar-refractivity contribution in [3.05, 3.63) is 156 Å². The normalized spacial score (nSPS) is 17.1. The number of benzene rings is 6. The van der Waals surface area contributed by atoms with Crippen LogP contribution < -0.4 is 9.80 Å². The summed E-state index contributed by atoms with van der Waals surface area (Å²) in [6.45, 7) is 9.01. The number of hydrogen-bond acceptors (Lipinski definition) is 4. The van der Waals surface area contributed by atoms with Gasteiger partial charge in [-0.25, -0.2) is 8.42 Å². The van der Waals surface area contributed by atoms with Gasteiger partial charge in [0.15, 0.2) is 0 Å². The lowest BCUT2D eigenvalue weighted by atomic mass is 9.73. The van der Waals surface area contributed by atoms with Crippen molar-refractivity contribution >= 4 is 44.0 Å². The molecule has 0 amide bonds. The summed E-state index contributed by atoms with van der Waals surface area (Å²) in [7, 11) is -3.89. The van der Waals surface area contributed by atoms with Crippen LogP contribution in [-0.2, 0) is 20.7 Å². The Morgan fingerprint density at radius 1 is 0.426 bits per heavy atom. The summed E-state index contributed by atoms with van der Waals surface area (Å²) in [6.07, 6.45) is 0. The Hall–Kier alpha value is -5.13. The fourth-order valence-electron chi connectivity index (χ4n) is 8.35. The molecule has 6 aromatic rings. The van der Waals surface area contributed by atoms with Gasteiger partial charge in [0.2, 0.25) is 9.84 Å². The van der Waals surface area contributed by atoms with E-state index in [1.165, 1.54) is 11.1 Å². The summed E-state index contributed by atoms with van der Waals surface area (Å²) in [4.78, 5) is 5.12. The first-order valence-corrected chi connectivity index (χ1v) is 17.6. The Morgan fingerprint density at radius 2 is 0.787 bits per heavy atom. The molecule has 0 saturated carbocycles. The van der Waals surface area contributed by atoms with Crippen molar-refractivity contribution in [1.29, 1.82) is 0 Å². The second-order valence-electron chi connectivity index (χ2n) is 13.8. The van der Waals surface area contributed by atoms with Gasteiger partial charge in [0.25, 0.3) is 0 Å². The Kier molecular flexibility index (Phi) is 5.66. The molecule has 0 fully saturated rings. The quantitative estimate of drug-likeness (QED) is 0.191. The minimum atomic E-state index is -3.89. The fourth-order valence-corrected chi connectivity index (χ4v) is 10.2. The van der Waals surface area contributed by atoms with Crippen LogP contribution in [0.15, 0.2) is 143 Å². The maximum absolute atomic E-state index is 14.9. The van der Waals surface area contributed by atoms with E-state index in [4.69, 9.17) is 0 Å². The van der Waals surface area contributed by atoms with E-state index in [0.717, 1.165) is 50.7 Å². The number of rotatable bonds is 2. The van der Waals surface area contributed by atoms with Crippen LogP contribution in [0.4, 0.5) is 34.1 Å². The monoisotopic (exact) mass is 630 g/mol. The molecular formula is C42H34N2O2S. The van der Waals surface area contributed by atoms with Gasteiger partial charge in [-0.2, -0.15) is 0 Å². The van der Waals surface area contributed by atoms with Gasteiger partial charge in [-0.1, -0.05) is 119 Å². The van der Waals surface area contributed by atoms with Crippen molar-refractivity contribution in [2.75, 3.05) is 9.80 Å². The van der Waals surface area contributed by atoms with Crippen molar-refractivity contribution in [1.82, 2.24) is 0 Å². The van der Waals surface area contributed by atoms with Crippen LogP contribution in [0.5, 0.6) is 0 Å². The molecule has 0 radical (unpaired) electrons. The third kappa shape index (κ3) is 3.61. The fraction of sp³-hybridized carbons (Fsp3) is 0.143. The van der Waals surface area contributed by atoms with Crippen molar-refractivity contribution in [3.8, 4) is 11.1 Å². The van der Waals surface area contributed by atoms with E-state index in [1.54, 1.807) is 6.07 Å². The highest BCUT2D eigenvalue weighted by atomic mass is 32.2. The van der Waals surface area contributed by atoms with Crippen molar-refractivity contribution < 1.29 is 8.42 Å². The molecule has 0 spiro atoms. The average molecular weight is 631 g/mol. The van der Waals surface area contributed by atoms with Gasteiger partial charge in [-0.3, -0.25) is 0 Å². The molecule has 3 heterocycles. The van der Waals surface area contributed by atoms with E-state index >= 15 is 0 Å². The third-order valence-electron chi connectivity index (χ3n) is 10.6. The van der Waals surface area contributed by atoms with Crippen LogP contribution in [-0.4, -0.2) is 8.42 Å². The van der Waals surface area contributed by atoms with E-state index in [-0.39, 0.29) is 10.8 Å². The van der Waals surface area contributed by atoms with Crippen LogP contribution in [0.25, 0.3) is 11.1 Å². The second-order valence-corrected chi connectivity index (χ2v) is 15.7. The lowest BCUT2D eigenvalue weighted by Crippen LogP contribution is -2.31. The molecule has 0 N–H and O–H groups in total. The highest BCUT2D eigenvalue weighted by Gasteiger charge is 2.44. The third-order valence-corrected chi connectivity index (χ3v) is 12.5. The zero-order chi connectivity index (χ0) is 32.3. The van der Waals surface area contributed by atoms with Crippen LogP contribution in [0, 0.1) is 0 Å². The number of sulfone groups is 1. The lowest BCUT2D eigenvalue weighted by molar-refractivity contribution is 0.598. The minimum absolute atomic E-state index is 0.221. The lowest BCUT2D eigenvalue weighted by Gasteiger charge is -2.42. The molecular weight excluding hydrogens is 597 g/mol. The predicted molar refractivity (Wildman–Crippen MR) is 191 cm³/mol. The Balaban J connectivity index is 1.33. The van der Waals surface area contributed by atoms with Crippen LogP contribution in [0.2, 0.25) is 0 Å². The highest BCUT2D eigenvalue weighted by Crippen LogP contribution is 2.59. The van der Waals surface area contributed by atoms with Gasteiger partial charge in [0.1, 0.15) is 4.90 Å². The number of anilines is 6. The number of nitrogens with zero attached hydrogens (tertiary/aromatic N) is 2. The summed E-state index contributed by atoms with van der Waals surface area (Å²) in [5, 5.41) is 0. The molecule has 0 atom stereocenters. The molecule has 6 aromatic carbocycles. The molecule has 47 heavy (non-hydrogen) atoms. The molecule has 0 unspecified atom stereocenters. The maximum atomic E-state index is 14.9. The molecule has 4 nitrogen and oxygen atoms in total. The van der Waals surface area contributed by atoms with Gasteiger partial charge in [-0.15, -0.1) is 0 Å². The first kappa shape index (κ1) is 28.1. The first-order valence-electron chi connectivity index (χ1n) is 16.1. The molecule has 5 heteroatoms. The molecule has 3 aliphatic heterocycles. The first-order chi connectivity index (χ1) is 22.6. The molecule has 0 saturated heterocycles. The molecule has 0 aromatic heterocycles. The van der Waals surface area contributed by atoms with Crippen LogP contribution >= 0.6 is 0 Å². The summed E-state index contributed by atoms with van der Waals surface area (Å²) in [5.41, 5.74) is 11.4. The Labute approximate surface area is 276 Å². The second kappa shape index (κ2) is 9.46. The molecule has 230 valence electrons. The number of fused-ring (bicyclic) bond motifs is 7. The Morgan fingerprint density at radius 3 is 1.26 bits per heavy atom. The standard InChI is InChI=1S/C42H34N2O2S/c1-41(2)28-16-5-9-20-32(28)43(33-21-10-6-17-29(33)41)36-24-14-26-38-39(36)27-15-13-25-37(40(27)47(38,45)46)44-34-22-11-7-18-30(34)42(3,4)31-19-8-12-23-35(31)44/h5-26H,1-4H3.